The van der Waals surface area contributed by atoms with Gasteiger partial charge in [-0.05, 0) is 41.5 Å². The second-order valence-electron chi connectivity index (χ2n) is 4.72. The Labute approximate surface area is 88.3 Å². The van der Waals surface area contributed by atoms with E-state index in [2.05, 4.69) is 44.4 Å². The van der Waals surface area contributed by atoms with Gasteiger partial charge in [0.2, 0.25) is 0 Å². The van der Waals surface area contributed by atoms with E-state index >= 15 is 0 Å². The predicted octanol–water partition coefficient (Wildman–Crippen LogP) is 1.88. The Hall–Kier alpha value is -0.520. The van der Waals surface area contributed by atoms with E-state index in [0.29, 0.717) is 12.1 Å². The molecule has 0 aromatic rings. The third kappa shape index (κ3) is 6.01. The summed E-state index contributed by atoms with van der Waals surface area (Å²) in [7, 11) is 0. The van der Waals surface area contributed by atoms with Crippen molar-refractivity contribution in [1.29, 1.82) is 0 Å². The van der Waals surface area contributed by atoms with Gasteiger partial charge < -0.3 is 5.11 Å². The Kier molecular flexibility index (Phi) is 5.18. The fourth-order valence-corrected chi connectivity index (χ4v) is 1.31. The van der Waals surface area contributed by atoms with Crippen LogP contribution in [0.4, 0.5) is 0 Å². The zero-order chi connectivity index (χ0) is 11.4. The lowest BCUT2D eigenvalue weighted by Crippen LogP contribution is -2.37. The fraction of sp³-hybridized carbons (Fsp3) is 0.833. The number of aliphatic hydroxyl groups is 1. The minimum atomic E-state index is -0.875. The molecule has 0 saturated heterocycles. The van der Waals surface area contributed by atoms with Crippen molar-refractivity contribution < 1.29 is 5.11 Å². The normalized spacial score (nSPS) is 12.1. The van der Waals surface area contributed by atoms with Gasteiger partial charge >= 0.3 is 0 Å². The van der Waals surface area contributed by atoms with Gasteiger partial charge in [-0.2, -0.15) is 0 Å². The van der Waals surface area contributed by atoms with Crippen molar-refractivity contribution >= 4 is 0 Å². The molecule has 0 bridgehead atoms. The molecule has 0 aliphatic rings. The van der Waals surface area contributed by atoms with Crippen LogP contribution < -0.4 is 0 Å². The van der Waals surface area contributed by atoms with Crippen molar-refractivity contribution in [2.24, 2.45) is 0 Å². The van der Waals surface area contributed by atoms with E-state index in [9.17, 15) is 5.11 Å². The summed E-state index contributed by atoms with van der Waals surface area (Å²) in [6.45, 7) is 12.8. The first kappa shape index (κ1) is 13.5. The molecule has 0 spiro atoms. The van der Waals surface area contributed by atoms with Gasteiger partial charge in [0.05, 0.1) is 6.54 Å². The van der Waals surface area contributed by atoms with Gasteiger partial charge in [-0.3, -0.25) is 4.90 Å². The summed E-state index contributed by atoms with van der Waals surface area (Å²) in [5, 5.41) is 9.42. The number of rotatable bonds is 3. The van der Waals surface area contributed by atoms with E-state index in [-0.39, 0.29) is 0 Å². The van der Waals surface area contributed by atoms with Crippen LogP contribution in [0.5, 0.6) is 0 Å². The van der Waals surface area contributed by atoms with Crippen LogP contribution in [0, 0.1) is 11.8 Å². The van der Waals surface area contributed by atoms with Gasteiger partial charge in [-0.1, -0.05) is 11.8 Å². The maximum absolute atomic E-state index is 9.42. The predicted molar refractivity (Wildman–Crippen MR) is 61.1 cm³/mol. The Morgan fingerprint density at radius 2 is 1.57 bits per heavy atom. The lowest BCUT2D eigenvalue weighted by atomic mass is 10.1. The second-order valence-corrected chi connectivity index (χ2v) is 4.72. The second kappa shape index (κ2) is 5.38. The number of nitrogens with zero attached hydrogens (tertiary/aromatic N) is 1. The zero-order valence-electron chi connectivity index (χ0n) is 10.3. The van der Waals surface area contributed by atoms with E-state index in [1.165, 1.54) is 0 Å². The summed E-state index contributed by atoms with van der Waals surface area (Å²) in [4.78, 5) is 2.29. The fourth-order valence-electron chi connectivity index (χ4n) is 1.31. The van der Waals surface area contributed by atoms with Crippen molar-refractivity contribution in [2.45, 2.75) is 59.2 Å². The van der Waals surface area contributed by atoms with Crippen LogP contribution >= 0.6 is 0 Å². The minimum absolute atomic E-state index is 0.492. The molecule has 14 heavy (non-hydrogen) atoms. The van der Waals surface area contributed by atoms with Crippen LogP contribution in [-0.2, 0) is 0 Å². The molecule has 82 valence electrons. The summed E-state index contributed by atoms with van der Waals surface area (Å²) in [6.07, 6.45) is 0. The van der Waals surface area contributed by atoms with E-state index in [1.807, 2.05) is 0 Å². The number of hydrogen-bond donors (Lipinski definition) is 1. The first-order valence-electron chi connectivity index (χ1n) is 5.22. The molecule has 0 aromatic heterocycles. The molecular weight excluding hydrogens is 174 g/mol. The van der Waals surface area contributed by atoms with Crippen molar-refractivity contribution in [1.82, 2.24) is 4.90 Å². The smallest absolute Gasteiger partial charge is 0.120 e. The molecule has 1 N–H and O–H groups in total. The molecule has 0 heterocycles. The van der Waals surface area contributed by atoms with Gasteiger partial charge in [0.1, 0.15) is 5.60 Å². The summed E-state index contributed by atoms with van der Waals surface area (Å²) in [5.74, 6) is 5.84. The van der Waals surface area contributed by atoms with Crippen LogP contribution in [0.1, 0.15) is 41.5 Å². The van der Waals surface area contributed by atoms with Gasteiger partial charge in [-0.25, -0.2) is 0 Å². The first-order chi connectivity index (χ1) is 6.24. The summed E-state index contributed by atoms with van der Waals surface area (Å²) in [5.41, 5.74) is -0.875. The molecule has 0 radical (unpaired) electrons. The van der Waals surface area contributed by atoms with Gasteiger partial charge in [-0.15, -0.1) is 0 Å². The highest BCUT2D eigenvalue weighted by Crippen LogP contribution is 2.04. The van der Waals surface area contributed by atoms with E-state index in [0.717, 1.165) is 6.54 Å². The van der Waals surface area contributed by atoms with Gasteiger partial charge in [0.15, 0.2) is 0 Å². The maximum Gasteiger partial charge on any atom is 0.120 e. The SMILES string of the molecule is CC(C)N(CC#CC(C)(C)O)C(C)C. The third-order valence-electron chi connectivity index (χ3n) is 1.98. The Morgan fingerprint density at radius 1 is 1.14 bits per heavy atom. The van der Waals surface area contributed by atoms with Crippen molar-refractivity contribution in [2.75, 3.05) is 6.54 Å². The molecule has 2 heteroatoms. The summed E-state index contributed by atoms with van der Waals surface area (Å²) in [6, 6.07) is 0.984. The molecular formula is C12H23NO. The highest BCUT2D eigenvalue weighted by molar-refractivity contribution is 5.11. The first-order valence-corrected chi connectivity index (χ1v) is 5.22. The molecule has 0 atom stereocenters. The average molecular weight is 197 g/mol. The van der Waals surface area contributed by atoms with Gasteiger partial charge in [0.25, 0.3) is 0 Å². The monoisotopic (exact) mass is 197 g/mol. The molecule has 0 unspecified atom stereocenters. The quantitative estimate of drug-likeness (QED) is 0.698. The lowest BCUT2D eigenvalue weighted by molar-refractivity contribution is 0.143. The van der Waals surface area contributed by atoms with Gasteiger partial charge in [0, 0.05) is 12.1 Å². The molecule has 0 rings (SSSR count). The molecule has 0 fully saturated rings. The Balaban J connectivity index is 4.25. The van der Waals surface area contributed by atoms with E-state index < -0.39 is 5.60 Å². The summed E-state index contributed by atoms with van der Waals surface area (Å²) >= 11 is 0. The molecule has 0 aliphatic heterocycles. The highest BCUT2D eigenvalue weighted by atomic mass is 16.3. The maximum atomic E-state index is 9.42. The largest absolute Gasteiger partial charge is 0.378 e. The minimum Gasteiger partial charge on any atom is -0.378 e. The highest BCUT2D eigenvalue weighted by Gasteiger charge is 2.12. The Morgan fingerprint density at radius 3 is 1.86 bits per heavy atom. The van der Waals surface area contributed by atoms with Crippen molar-refractivity contribution in [3.05, 3.63) is 0 Å². The lowest BCUT2D eigenvalue weighted by Gasteiger charge is -2.28. The molecule has 2 nitrogen and oxygen atoms in total. The average Bonchev–Trinajstić information content (AvgIpc) is 1.94. The van der Waals surface area contributed by atoms with Crippen LogP contribution in [0.15, 0.2) is 0 Å². The van der Waals surface area contributed by atoms with Crippen molar-refractivity contribution in [3.63, 3.8) is 0 Å². The van der Waals surface area contributed by atoms with Crippen LogP contribution in [0.2, 0.25) is 0 Å². The molecule has 0 saturated carbocycles. The Bertz CT molecular complexity index is 207. The van der Waals surface area contributed by atoms with Crippen molar-refractivity contribution in [3.8, 4) is 11.8 Å². The molecule has 0 aromatic carbocycles. The van der Waals surface area contributed by atoms with Crippen LogP contribution in [-0.4, -0.2) is 34.2 Å². The zero-order valence-corrected chi connectivity index (χ0v) is 10.3. The standard InChI is InChI=1S/C12H23NO/c1-10(2)13(11(3)4)9-7-8-12(5,6)14/h10-11,14H,9H2,1-6H3. The van der Waals surface area contributed by atoms with E-state index in [4.69, 9.17) is 0 Å². The third-order valence-corrected chi connectivity index (χ3v) is 1.98. The molecule has 0 amide bonds. The van der Waals surface area contributed by atoms with Crippen LogP contribution in [0.25, 0.3) is 0 Å². The topological polar surface area (TPSA) is 23.5 Å². The van der Waals surface area contributed by atoms with Crippen LogP contribution in [0.3, 0.4) is 0 Å². The van der Waals surface area contributed by atoms with E-state index in [1.54, 1.807) is 13.8 Å². The summed E-state index contributed by atoms with van der Waals surface area (Å²) < 4.78 is 0. The number of hydrogen-bond acceptors (Lipinski definition) is 2. The molecule has 0 aliphatic carbocycles.